The van der Waals surface area contributed by atoms with E-state index in [-0.39, 0.29) is 0 Å². The Labute approximate surface area is 104 Å². The standard InChI is InChI=1S/C13H24N4/c1-11(2)10-17-5-3-13(4-6-17)14-7-12-8-15-16-9-12/h8-9,11,13-14H,3-7,10H2,1-2H3,(H,15,16). The molecule has 0 aliphatic carbocycles. The monoisotopic (exact) mass is 236 g/mol. The van der Waals surface area contributed by atoms with Crippen molar-refractivity contribution >= 4 is 0 Å². The highest BCUT2D eigenvalue weighted by atomic mass is 15.1. The molecule has 1 fully saturated rings. The minimum Gasteiger partial charge on any atom is -0.310 e. The van der Waals surface area contributed by atoms with E-state index in [0.717, 1.165) is 12.5 Å². The summed E-state index contributed by atoms with van der Waals surface area (Å²) in [7, 11) is 0. The van der Waals surface area contributed by atoms with Crippen molar-refractivity contribution in [2.45, 2.75) is 39.3 Å². The van der Waals surface area contributed by atoms with Gasteiger partial charge in [-0.1, -0.05) is 13.8 Å². The van der Waals surface area contributed by atoms with Crippen LogP contribution in [0.5, 0.6) is 0 Å². The number of piperidine rings is 1. The number of aromatic nitrogens is 2. The zero-order valence-corrected chi connectivity index (χ0v) is 10.9. The number of rotatable bonds is 5. The van der Waals surface area contributed by atoms with E-state index in [1.807, 2.05) is 12.4 Å². The molecule has 1 aliphatic heterocycles. The number of hydrogen-bond acceptors (Lipinski definition) is 3. The lowest BCUT2D eigenvalue weighted by Gasteiger charge is -2.33. The van der Waals surface area contributed by atoms with Gasteiger partial charge in [-0.2, -0.15) is 5.10 Å². The smallest absolute Gasteiger partial charge is 0.0532 e. The van der Waals surface area contributed by atoms with E-state index in [9.17, 15) is 0 Å². The molecule has 0 bridgehead atoms. The Kier molecular flexibility index (Phi) is 4.57. The van der Waals surface area contributed by atoms with Gasteiger partial charge in [0, 0.05) is 30.9 Å². The number of H-pyrrole nitrogens is 1. The predicted octanol–water partition coefficient (Wildman–Crippen LogP) is 1.62. The van der Waals surface area contributed by atoms with Crippen molar-refractivity contribution in [2.24, 2.45) is 5.92 Å². The Balaban J connectivity index is 1.65. The Morgan fingerprint density at radius 2 is 2.24 bits per heavy atom. The summed E-state index contributed by atoms with van der Waals surface area (Å²) in [5, 5.41) is 10.4. The van der Waals surface area contributed by atoms with Crippen molar-refractivity contribution in [2.75, 3.05) is 19.6 Å². The predicted molar refractivity (Wildman–Crippen MR) is 69.7 cm³/mol. The van der Waals surface area contributed by atoms with Crippen LogP contribution >= 0.6 is 0 Å². The molecule has 1 aromatic rings. The van der Waals surface area contributed by atoms with Gasteiger partial charge in [-0.15, -0.1) is 0 Å². The van der Waals surface area contributed by atoms with E-state index in [1.54, 1.807) is 0 Å². The topological polar surface area (TPSA) is 44.0 Å². The molecule has 0 unspecified atom stereocenters. The van der Waals surface area contributed by atoms with Gasteiger partial charge in [-0.05, 0) is 31.8 Å². The minimum absolute atomic E-state index is 0.674. The summed E-state index contributed by atoms with van der Waals surface area (Å²) in [5.41, 5.74) is 1.25. The SMILES string of the molecule is CC(C)CN1CCC(NCc2cn[nH]c2)CC1. The first-order chi connectivity index (χ1) is 8.24. The van der Waals surface area contributed by atoms with Crippen molar-refractivity contribution in [1.29, 1.82) is 0 Å². The van der Waals surface area contributed by atoms with Gasteiger partial charge in [0.1, 0.15) is 0 Å². The number of likely N-dealkylation sites (tertiary alicyclic amines) is 1. The van der Waals surface area contributed by atoms with Crippen molar-refractivity contribution < 1.29 is 0 Å². The lowest BCUT2D eigenvalue weighted by Crippen LogP contribution is -2.43. The quantitative estimate of drug-likeness (QED) is 0.816. The lowest BCUT2D eigenvalue weighted by atomic mass is 10.0. The second kappa shape index (κ2) is 6.17. The first-order valence-corrected chi connectivity index (χ1v) is 6.67. The van der Waals surface area contributed by atoms with Crippen molar-refractivity contribution in [3.05, 3.63) is 18.0 Å². The second-order valence-electron chi connectivity index (χ2n) is 5.46. The summed E-state index contributed by atoms with van der Waals surface area (Å²) in [4.78, 5) is 2.58. The van der Waals surface area contributed by atoms with Crippen LogP contribution in [0, 0.1) is 5.92 Å². The Hall–Kier alpha value is -0.870. The lowest BCUT2D eigenvalue weighted by molar-refractivity contribution is 0.179. The molecular formula is C13H24N4. The van der Waals surface area contributed by atoms with E-state index >= 15 is 0 Å². The van der Waals surface area contributed by atoms with Gasteiger partial charge in [0.15, 0.2) is 0 Å². The molecular weight excluding hydrogens is 212 g/mol. The first-order valence-electron chi connectivity index (χ1n) is 6.67. The van der Waals surface area contributed by atoms with E-state index in [2.05, 4.69) is 34.3 Å². The third-order valence-corrected chi connectivity index (χ3v) is 3.36. The molecule has 17 heavy (non-hydrogen) atoms. The summed E-state index contributed by atoms with van der Waals surface area (Å²) in [5.74, 6) is 0.783. The van der Waals surface area contributed by atoms with Crippen molar-refractivity contribution in [1.82, 2.24) is 20.4 Å². The molecule has 0 spiro atoms. The number of aromatic amines is 1. The molecule has 4 nitrogen and oxygen atoms in total. The molecule has 2 heterocycles. The van der Waals surface area contributed by atoms with Crippen LogP contribution in [0.3, 0.4) is 0 Å². The van der Waals surface area contributed by atoms with Crippen molar-refractivity contribution in [3.63, 3.8) is 0 Å². The molecule has 2 N–H and O–H groups in total. The number of hydrogen-bond donors (Lipinski definition) is 2. The molecule has 0 atom stereocenters. The van der Waals surface area contributed by atoms with Crippen LogP contribution in [0.4, 0.5) is 0 Å². The van der Waals surface area contributed by atoms with Crippen LogP contribution < -0.4 is 5.32 Å². The van der Waals surface area contributed by atoms with Crippen LogP contribution in [-0.2, 0) is 6.54 Å². The van der Waals surface area contributed by atoms with Gasteiger partial charge in [0.2, 0.25) is 0 Å². The van der Waals surface area contributed by atoms with Crippen molar-refractivity contribution in [3.8, 4) is 0 Å². The highest BCUT2D eigenvalue weighted by molar-refractivity contribution is 5.01. The maximum atomic E-state index is 3.96. The van der Waals surface area contributed by atoms with Gasteiger partial charge in [0.05, 0.1) is 6.20 Å². The zero-order valence-electron chi connectivity index (χ0n) is 10.9. The molecule has 1 aromatic heterocycles. The summed E-state index contributed by atoms with van der Waals surface area (Å²) >= 11 is 0. The summed E-state index contributed by atoms with van der Waals surface area (Å²) < 4.78 is 0. The van der Waals surface area contributed by atoms with E-state index in [4.69, 9.17) is 0 Å². The van der Waals surface area contributed by atoms with Gasteiger partial charge in [-0.3, -0.25) is 5.10 Å². The van der Waals surface area contributed by atoms with Gasteiger partial charge < -0.3 is 10.2 Å². The fraction of sp³-hybridized carbons (Fsp3) is 0.769. The molecule has 0 radical (unpaired) electrons. The third kappa shape index (κ3) is 4.13. The fourth-order valence-electron chi connectivity index (χ4n) is 2.47. The van der Waals surface area contributed by atoms with E-state index in [0.29, 0.717) is 6.04 Å². The van der Waals surface area contributed by atoms with Crippen LogP contribution in [0.15, 0.2) is 12.4 Å². The maximum absolute atomic E-state index is 3.96. The summed E-state index contributed by atoms with van der Waals surface area (Å²) in [6, 6.07) is 0.674. The Morgan fingerprint density at radius 1 is 1.47 bits per heavy atom. The highest BCUT2D eigenvalue weighted by Gasteiger charge is 2.18. The normalized spacial score (nSPS) is 19.0. The number of nitrogens with zero attached hydrogens (tertiary/aromatic N) is 2. The summed E-state index contributed by atoms with van der Waals surface area (Å²) in [6.07, 6.45) is 6.39. The molecule has 1 saturated heterocycles. The summed E-state index contributed by atoms with van der Waals surface area (Å²) in [6.45, 7) is 9.24. The Morgan fingerprint density at radius 3 is 2.82 bits per heavy atom. The van der Waals surface area contributed by atoms with Gasteiger partial charge >= 0.3 is 0 Å². The molecule has 2 rings (SSSR count). The van der Waals surface area contributed by atoms with E-state index in [1.165, 1.54) is 38.0 Å². The zero-order chi connectivity index (χ0) is 12.1. The molecule has 0 saturated carbocycles. The minimum atomic E-state index is 0.674. The Bertz CT molecular complexity index is 299. The van der Waals surface area contributed by atoms with Crippen LogP contribution in [0.2, 0.25) is 0 Å². The molecule has 1 aliphatic rings. The highest BCUT2D eigenvalue weighted by Crippen LogP contribution is 2.12. The average molecular weight is 236 g/mol. The molecule has 4 heteroatoms. The average Bonchev–Trinajstić information content (AvgIpc) is 2.80. The largest absolute Gasteiger partial charge is 0.310 e. The van der Waals surface area contributed by atoms with Crippen LogP contribution in [-0.4, -0.2) is 40.8 Å². The molecule has 96 valence electrons. The van der Waals surface area contributed by atoms with Gasteiger partial charge in [-0.25, -0.2) is 0 Å². The first kappa shape index (κ1) is 12.6. The second-order valence-corrected chi connectivity index (χ2v) is 5.46. The number of nitrogens with one attached hydrogen (secondary N) is 2. The van der Waals surface area contributed by atoms with Crippen LogP contribution in [0.25, 0.3) is 0 Å². The molecule has 0 amide bonds. The van der Waals surface area contributed by atoms with Gasteiger partial charge in [0.25, 0.3) is 0 Å². The molecule has 0 aromatic carbocycles. The fourth-order valence-corrected chi connectivity index (χ4v) is 2.47. The van der Waals surface area contributed by atoms with E-state index < -0.39 is 0 Å². The van der Waals surface area contributed by atoms with Crippen LogP contribution in [0.1, 0.15) is 32.3 Å². The third-order valence-electron chi connectivity index (χ3n) is 3.36. The maximum Gasteiger partial charge on any atom is 0.0532 e.